The average Bonchev–Trinajstić information content (AvgIpc) is 3.02. The molecular weight excluding hydrogens is 402 g/mol. The molecule has 0 N–H and O–H groups in total. The lowest BCUT2D eigenvalue weighted by atomic mass is 9.93. The highest BCUT2D eigenvalue weighted by Gasteiger charge is 2.63. The summed E-state index contributed by atoms with van der Waals surface area (Å²) in [5, 5.41) is 0. The number of carbonyl (C=O) groups excluding carboxylic acids is 4. The van der Waals surface area contributed by atoms with Crippen LogP contribution in [-0.4, -0.2) is 66.1 Å². The fourth-order valence-corrected chi connectivity index (χ4v) is 5.66. The molecule has 4 amide bonds. The Morgan fingerprint density at radius 1 is 1.00 bits per heavy atom. The molecule has 4 rings (SSSR count). The lowest BCUT2D eigenvalue weighted by Gasteiger charge is -2.50. The summed E-state index contributed by atoms with van der Waals surface area (Å²) in [6, 6.07) is 4.56. The van der Waals surface area contributed by atoms with E-state index in [0.717, 1.165) is 4.90 Å². The minimum absolute atomic E-state index is 0.0287. The number of hydrogen-bond donors (Lipinski definition) is 0. The maximum atomic E-state index is 13.0. The van der Waals surface area contributed by atoms with Gasteiger partial charge in [-0.05, 0) is 51.8 Å². The Kier molecular flexibility index (Phi) is 4.28. The van der Waals surface area contributed by atoms with Crippen LogP contribution in [0, 0.1) is 0 Å². The largest absolute Gasteiger partial charge is 0.308 e. The molecule has 9 heteroatoms. The number of β-lactam (4-membered cyclic amide) rings is 1. The second kappa shape index (κ2) is 6.22. The number of halogens is 1. The van der Waals surface area contributed by atoms with Crippen molar-refractivity contribution in [3.63, 3.8) is 0 Å². The molecule has 0 spiro atoms. The summed E-state index contributed by atoms with van der Waals surface area (Å²) >= 11 is 7.89. The molecule has 28 heavy (non-hydrogen) atoms. The van der Waals surface area contributed by atoms with Crippen molar-refractivity contribution in [2.45, 2.75) is 56.1 Å². The quantitative estimate of drug-likeness (QED) is 0.245. The predicted octanol–water partition coefficient (Wildman–Crippen LogP) is 2.10. The highest BCUT2D eigenvalue weighted by Crippen LogP contribution is 2.47. The zero-order chi connectivity index (χ0) is 20.5. The van der Waals surface area contributed by atoms with E-state index >= 15 is 0 Å². The van der Waals surface area contributed by atoms with Crippen LogP contribution >= 0.6 is 23.5 Å². The van der Waals surface area contributed by atoms with Gasteiger partial charge in [0.05, 0.1) is 15.9 Å². The van der Waals surface area contributed by atoms with Gasteiger partial charge in [0.25, 0.3) is 23.6 Å². The van der Waals surface area contributed by atoms with Gasteiger partial charge in [0.1, 0.15) is 11.5 Å². The molecule has 0 bridgehead atoms. The van der Waals surface area contributed by atoms with Crippen molar-refractivity contribution in [2.24, 2.45) is 0 Å². The van der Waals surface area contributed by atoms with E-state index in [2.05, 4.69) is 0 Å². The van der Waals surface area contributed by atoms with E-state index < -0.39 is 40.1 Å². The van der Waals surface area contributed by atoms with Gasteiger partial charge < -0.3 is 4.90 Å². The van der Waals surface area contributed by atoms with Gasteiger partial charge in [0.2, 0.25) is 0 Å². The van der Waals surface area contributed by atoms with Crippen LogP contribution in [0.25, 0.3) is 0 Å². The molecule has 1 aromatic carbocycles. The molecule has 3 aliphatic heterocycles. The number of carbonyl (C=O) groups is 4. The summed E-state index contributed by atoms with van der Waals surface area (Å²) < 4.78 is 1.08. The second-order valence-electron chi connectivity index (χ2n) is 7.94. The number of likely N-dealkylation sites (tertiary alicyclic amines) is 1. The van der Waals surface area contributed by atoms with Crippen LogP contribution in [0.4, 0.5) is 0 Å². The smallest absolute Gasteiger partial charge is 0.262 e. The Labute approximate surface area is 172 Å². The summed E-state index contributed by atoms with van der Waals surface area (Å²) in [4.78, 5) is 53.6. The van der Waals surface area contributed by atoms with Crippen LogP contribution in [0.3, 0.4) is 0 Å². The van der Waals surface area contributed by atoms with Crippen molar-refractivity contribution in [1.82, 2.24) is 14.1 Å². The maximum Gasteiger partial charge on any atom is 0.262 e. The minimum atomic E-state index is -1.10. The van der Waals surface area contributed by atoms with Crippen LogP contribution in [0.1, 0.15) is 48.4 Å². The van der Waals surface area contributed by atoms with Crippen molar-refractivity contribution in [3.8, 4) is 0 Å². The Morgan fingerprint density at radius 3 is 1.96 bits per heavy atom. The number of imide groups is 1. The Morgan fingerprint density at radius 2 is 1.54 bits per heavy atom. The van der Waals surface area contributed by atoms with Gasteiger partial charge >= 0.3 is 0 Å². The fourth-order valence-electron chi connectivity index (χ4n) is 4.01. The number of benzene rings is 1. The van der Waals surface area contributed by atoms with Crippen molar-refractivity contribution >= 4 is 47.2 Å². The zero-order valence-corrected chi connectivity index (χ0v) is 17.5. The minimum Gasteiger partial charge on any atom is -0.308 e. The van der Waals surface area contributed by atoms with E-state index in [-0.39, 0.29) is 23.1 Å². The van der Waals surface area contributed by atoms with Gasteiger partial charge in [0.15, 0.2) is 6.04 Å². The molecule has 0 aliphatic carbocycles. The van der Waals surface area contributed by atoms with Crippen LogP contribution in [0.2, 0.25) is 0 Å². The molecule has 0 unspecified atom stereocenters. The number of rotatable bonds is 3. The lowest BCUT2D eigenvalue weighted by molar-refractivity contribution is -0.160. The zero-order valence-electron chi connectivity index (χ0n) is 15.9. The summed E-state index contributed by atoms with van der Waals surface area (Å²) in [6.45, 7) is 7.58. The summed E-state index contributed by atoms with van der Waals surface area (Å²) in [7, 11) is 0. The van der Waals surface area contributed by atoms with Crippen molar-refractivity contribution in [1.29, 1.82) is 0 Å². The molecule has 0 saturated carbocycles. The van der Waals surface area contributed by atoms with E-state index in [0.29, 0.717) is 0 Å². The maximum absolute atomic E-state index is 13.0. The van der Waals surface area contributed by atoms with E-state index in [9.17, 15) is 19.2 Å². The SMILES string of the molecule is CC(C)N1SC(C)(C)[C@@H](N2C(=O)[C@@H](N3C(=O)c4ccccc4C3=O)[C@@H]2Cl)C1=O. The molecular formula is C19H20ClN3O4S. The standard InChI is InChI=1S/C19H20ClN3O4S/c1-9(2)23-18(27)13(19(3,4)28-23)22-14(20)12(17(22)26)21-15(24)10-7-5-6-8-11(10)16(21)25/h5-9,12-14H,1-4H3/t12-,13-,14+/m0/s1. The van der Waals surface area contributed by atoms with Gasteiger partial charge in [0, 0.05) is 6.04 Å². The average molecular weight is 422 g/mol. The highest BCUT2D eigenvalue weighted by atomic mass is 35.5. The summed E-state index contributed by atoms with van der Waals surface area (Å²) in [5.74, 6) is -1.73. The second-order valence-corrected chi connectivity index (χ2v) is 10.0. The first-order chi connectivity index (χ1) is 13.1. The fraction of sp³-hybridized carbons (Fsp3) is 0.474. The van der Waals surface area contributed by atoms with Crippen molar-refractivity contribution in [3.05, 3.63) is 35.4 Å². The van der Waals surface area contributed by atoms with Gasteiger partial charge in [-0.25, -0.2) is 0 Å². The number of amides is 4. The molecule has 2 fully saturated rings. The summed E-state index contributed by atoms with van der Waals surface area (Å²) in [6.07, 6.45) is 0. The van der Waals surface area contributed by atoms with E-state index in [4.69, 9.17) is 11.6 Å². The van der Waals surface area contributed by atoms with Gasteiger partial charge in [-0.2, -0.15) is 0 Å². The molecule has 0 radical (unpaired) electrons. The summed E-state index contributed by atoms with van der Waals surface area (Å²) in [5.41, 5.74) is -0.418. The first-order valence-electron chi connectivity index (χ1n) is 9.03. The van der Waals surface area contributed by atoms with Crippen molar-refractivity contribution in [2.75, 3.05) is 0 Å². The third kappa shape index (κ3) is 2.43. The predicted molar refractivity (Wildman–Crippen MR) is 105 cm³/mol. The molecule has 7 nitrogen and oxygen atoms in total. The molecule has 0 aromatic heterocycles. The molecule has 3 atom stereocenters. The topological polar surface area (TPSA) is 78.0 Å². The Hall–Kier alpha value is -2.06. The third-order valence-corrected chi connectivity index (χ3v) is 7.27. The Bertz CT molecular complexity index is 883. The number of hydrogen-bond acceptors (Lipinski definition) is 5. The molecule has 3 heterocycles. The van der Waals surface area contributed by atoms with Crippen LogP contribution in [0.15, 0.2) is 24.3 Å². The number of fused-ring (bicyclic) bond motifs is 1. The monoisotopic (exact) mass is 421 g/mol. The van der Waals surface area contributed by atoms with Crippen LogP contribution < -0.4 is 0 Å². The van der Waals surface area contributed by atoms with Crippen molar-refractivity contribution < 1.29 is 19.2 Å². The molecule has 148 valence electrons. The normalized spacial score (nSPS) is 29.1. The van der Waals surface area contributed by atoms with Gasteiger partial charge in [-0.3, -0.25) is 28.4 Å². The van der Waals surface area contributed by atoms with Crippen LogP contribution in [0.5, 0.6) is 0 Å². The molecule has 3 aliphatic rings. The van der Waals surface area contributed by atoms with E-state index in [1.54, 1.807) is 28.6 Å². The third-order valence-electron chi connectivity index (χ3n) is 5.33. The first kappa shape index (κ1) is 19.3. The Balaban J connectivity index is 1.61. The van der Waals surface area contributed by atoms with Gasteiger partial charge in [-0.15, -0.1) is 0 Å². The van der Waals surface area contributed by atoms with Crippen LogP contribution in [-0.2, 0) is 9.59 Å². The number of nitrogens with zero attached hydrogens (tertiary/aromatic N) is 3. The molecule has 2 saturated heterocycles. The van der Waals surface area contributed by atoms with E-state index in [1.807, 2.05) is 27.7 Å². The van der Waals surface area contributed by atoms with E-state index in [1.165, 1.54) is 16.8 Å². The lowest BCUT2D eigenvalue weighted by Crippen LogP contribution is -2.74. The number of alkyl halides is 1. The first-order valence-corrected chi connectivity index (χ1v) is 10.2. The van der Waals surface area contributed by atoms with Gasteiger partial charge in [-0.1, -0.05) is 23.7 Å². The highest BCUT2D eigenvalue weighted by molar-refractivity contribution is 7.99. The molecule has 1 aromatic rings.